The first-order valence-corrected chi connectivity index (χ1v) is 8.26. The van der Waals surface area contributed by atoms with E-state index in [9.17, 15) is 4.79 Å². The molecule has 0 bridgehead atoms. The highest BCUT2D eigenvalue weighted by Gasteiger charge is 2.08. The van der Waals surface area contributed by atoms with Crippen LogP contribution in [0.1, 0.15) is 11.3 Å². The van der Waals surface area contributed by atoms with E-state index in [0.29, 0.717) is 28.0 Å². The summed E-state index contributed by atoms with van der Waals surface area (Å²) in [7, 11) is 0. The van der Waals surface area contributed by atoms with E-state index in [0.717, 1.165) is 11.3 Å². The lowest BCUT2D eigenvalue weighted by atomic mass is 10.2. The zero-order chi connectivity index (χ0) is 17.1. The first-order valence-electron chi connectivity index (χ1n) is 7.51. The van der Waals surface area contributed by atoms with Crippen LogP contribution in [0.25, 0.3) is 0 Å². The topological polar surface area (TPSA) is 34.0 Å². The molecule has 0 atom stereocenters. The number of benzene rings is 2. The maximum atomic E-state index is 12.5. The van der Waals surface area contributed by atoms with Crippen LogP contribution in [-0.4, -0.2) is 4.57 Å². The van der Waals surface area contributed by atoms with Crippen LogP contribution in [0.5, 0.6) is 0 Å². The van der Waals surface area contributed by atoms with Crippen LogP contribution in [0.3, 0.4) is 0 Å². The number of aryl methyl sites for hydroxylation is 1. The van der Waals surface area contributed by atoms with E-state index in [1.165, 1.54) is 0 Å². The Morgan fingerprint density at radius 3 is 2.46 bits per heavy atom. The second kappa shape index (κ2) is 7.12. The predicted molar refractivity (Wildman–Crippen MR) is 101 cm³/mol. The van der Waals surface area contributed by atoms with Crippen molar-refractivity contribution in [1.82, 2.24) is 4.57 Å². The van der Waals surface area contributed by atoms with E-state index >= 15 is 0 Å². The van der Waals surface area contributed by atoms with Gasteiger partial charge in [0.15, 0.2) is 0 Å². The quantitative estimate of drug-likeness (QED) is 0.690. The maximum absolute atomic E-state index is 12.5. The molecule has 3 nitrogen and oxygen atoms in total. The molecule has 1 aromatic heterocycles. The van der Waals surface area contributed by atoms with Crippen LogP contribution in [0.2, 0.25) is 10.0 Å². The second-order valence-electron chi connectivity index (χ2n) is 5.52. The van der Waals surface area contributed by atoms with Crippen LogP contribution < -0.4 is 10.9 Å². The van der Waals surface area contributed by atoms with Crippen molar-refractivity contribution in [1.29, 1.82) is 0 Å². The Hall–Kier alpha value is -2.23. The van der Waals surface area contributed by atoms with Crippen LogP contribution in [0.15, 0.2) is 65.5 Å². The molecule has 0 fully saturated rings. The van der Waals surface area contributed by atoms with Gasteiger partial charge in [0.2, 0.25) is 0 Å². The Bertz CT molecular complexity index is 920. The van der Waals surface area contributed by atoms with Crippen molar-refractivity contribution in [2.45, 2.75) is 13.5 Å². The van der Waals surface area contributed by atoms with E-state index in [1.54, 1.807) is 22.8 Å². The lowest BCUT2D eigenvalue weighted by molar-refractivity contribution is 0.731. The molecule has 0 aliphatic rings. The molecule has 0 unspecified atom stereocenters. The zero-order valence-electron chi connectivity index (χ0n) is 13.1. The van der Waals surface area contributed by atoms with Gasteiger partial charge in [-0.2, -0.15) is 0 Å². The van der Waals surface area contributed by atoms with Gasteiger partial charge in [-0.25, -0.2) is 0 Å². The van der Waals surface area contributed by atoms with Crippen molar-refractivity contribution < 1.29 is 0 Å². The van der Waals surface area contributed by atoms with Crippen molar-refractivity contribution >= 4 is 34.6 Å². The van der Waals surface area contributed by atoms with Gasteiger partial charge in [0.05, 0.1) is 22.3 Å². The molecule has 5 heteroatoms. The third-order valence-electron chi connectivity index (χ3n) is 3.75. The standard InChI is InChI=1S/C19H16Cl2N2O/c1-13-10-15(22-17-9-5-8-16(20)19(17)21)11-18(24)23(13)12-14-6-3-2-4-7-14/h2-11,22H,12H2,1H3. The fourth-order valence-electron chi connectivity index (χ4n) is 2.53. The van der Waals surface area contributed by atoms with Gasteiger partial charge in [-0.1, -0.05) is 59.6 Å². The van der Waals surface area contributed by atoms with Gasteiger partial charge >= 0.3 is 0 Å². The molecule has 0 saturated heterocycles. The summed E-state index contributed by atoms with van der Waals surface area (Å²) in [5.74, 6) is 0. The van der Waals surface area contributed by atoms with Gasteiger partial charge in [0, 0.05) is 17.4 Å². The highest BCUT2D eigenvalue weighted by Crippen LogP contribution is 2.31. The van der Waals surface area contributed by atoms with Gasteiger partial charge in [0.1, 0.15) is 0 Å². The second-order valence-corrected chi connectivity index (χ2v) is 6.31. The number of halogens is 2. The first kappa shape index (κ1) is 16.6. The lowest BCUT2D eigenvalue weighted by Gasteiger charge is -2.14. The van der Waals surface area contributed by atoms with E-state index in [-0.39, 0.29) is 5.56 Å². The van der Waals surface area contributed by atoms with Crippen LogP contribution in [0.4, 0.5) is 11.4 Å². The third-order valence-corrected chi connectivity index (χ3v) is 4.57. The largest absolute Gasteiger partial charge is 0.354 e. The molecule has 3 aromatic rings. The van der Waals surface area contributed by atoms with Crippen LogP contribution in [0, 0.1) is 6.92 Å². The van der Waals surface area contributed by atoms with Gasteiger partial charge in [-0.15, -0.1) is 0 Å². The van der Waals surface area contributed by atoms with Crippen molar-refractivity contribution in [2.24, 2.45) is 0 Å². The summed E-state index contributed by atoms with van der Waals surface area (Å²) in [6.07, 6.45) is 0. The molecule has 1 N–H and O–H groups in total. The molecule has 0 spiro atoms. The number of hydrogen-bond donors (Lipinski definition) is 1. The zero-order valence-corrected chi connectivity index (χ0v) is 14.6. The Morgan fingerprint density at radius 2 is 1.75 bits per heavy atom. The van der Waals surface area contributed by atoms with Crippen molar-refractivity contribution in [2.75, 3.05) is 5.32 Å². The van der Waals surface area contributed by atoms with Crippen molar-refractivity contribution in [3.63, 3.8) is 0 Å². The molecule has 3 rings (SSSR count). The Kier molecular flexibility index (Phi) is 4.93. The van der Waals surface area contributed by atoms with Crippen LogP contribution >= 0.6 is 23.2 Å². The lowest BCUT2D eigenvalue weighted by Crippen LogP contribution is -2.22. The number of rotatable bonds is 4. The summed E-state index contributed by atoms with van der Waals surface area (Å²) in [6, 6.07) is 18.7. The minimum absolute atomic E-state index is 0.0699. The molecule has 24 heavy (non-hydrogen) atoms. The molecule has 0 amide bonds. The number of pyridine rings is 1. The monoisotopic (exact) mass is 358 g/mol. The highest BCUT2D eigenvalue weighted by molar-refractivity contribution is 6.43. The molecule has 0 saturated carbocycles. The predicted octanol–water partition coefficient (Wildman–Crippen LogP) is 5.26. The highest BCUT2D eigenvalue weighted by atomic mass is 35.5. The average Bonchev–Trinajstić information content (AvgIpc) is 2.56. The van der Waals surface area contributed by atoms with Gasteiger partial charge < -0.3 is 9.88 Å². The number of nitrogens with one attached hydrogen (secondary N) is 1. The number of hydrogen-bond acceptors (Lipinski definition) is 2. The first-order chi connectivity index (χ1) is 11.5. The van der Waals surface area contributed by atoms with E-state index in [1.807, 2.05) is 49.4 Å². The summed E-state index contributed by atoms with van der Waals surface area (Å²) in [4.78, 5) is 12.5. The molecule has 2 aromatic carbocycles. The van der Waals surface area contributed by atoms with E-state index in [2.05, 4.69) is 5.32 Å². The Labute approximate surface area is 150 Å². The molecular formula is C19H16Cl2N2O. The molecule has 0 radical (unpaired) electrons. The summed E-state index contributed by atoms with van der Waals surface area (Å²) in [5, 5.41) is 4.06. The SMILES string of the molecule is Cc1cc(Nc2cccc(Cl)c2Cl)cc(=O)n1Cc1ccccc1. The maximum Gasteiger partial charge on any atom is 0.253 e. The number of nitrogens with zero attached hydrogens (tertiary/aromatic N) is 1. The number of anilines is 2. The fourth-order valence-corrected chi connectivity index (χ4v) is 2.87. The van der Waals surface area contributed by atoms with Gasteiger partial charge in [0.25, 0.3) is 5.56 Å². The molecule has 122 valence electrons. The summed E-state index contributed by atoms with van der Waals surface area (Å²) in [5.41, 5.74) is 3.24. The normalized spacial score (nSPS) is 10.6. The molecule has 1 heterocycles. The third kappa shape index (κ3) is 3.64. The van der Waals surface area contributed by atoms with Crippen LogP contribution in [-0.2, 0) is 6.54 Å². The Balaban J connectivity index is 1.90. The fraction of sp³-hybridized carbons (Fsp3) is 0.105. The minimum Gasteiger partial charge on any atom is -0.354 e. The van der Waals surface area contributed by atoms with Crippen molar-refractivity contribution in [3.05, 3.63) is 92.3 Å². The molecule has 0 aliphatic heterocycles. The summed E-state index contributed by atoms with van der Waals surface area (Å²) in [6.45, 7) is 2.46. The number of aromatic nitrogens is 1. The van der Waals surface area contributed by atoms with Gasteiger partial charge in [-0.3, -0.25) is 4.79 Å². The molecular weight excluding hydrogens is 343 g/mol. The summed E-state index contributed by atoms with van der Waals surface area (Å²) < 4.78 is 1.74. The van der Waals surface area contributed by atoms with Crippen molar-refractivity contribution in [3.8, 4) is 0 Å². The van der Waals surface area contributed by atoms with Gasteiger partial charge in [-0.05, 0) is 30.7 Å². The van der Waals surface area contributed by atoms with E-state index < -0.39 is 0 Å². The minimum atomic E-state index is -0.0699. The summed E-state index contributed by atoms with van der Waals surface area (Å²) >= 11 is 12.2. The van der Waals surface area contributed by atoms with E-state index in [4.69, 9.17) is 23.2 Å². The Morgan fingerprint density at radius 1 is 1.00 bits per heavy atom. The smallest absolute Gasteiger partial charge is 0.253 e. The average molecular weight is 359 g/mol. The molecule has 0 aliphatic carbocycles.